The minimum absolute atomic E-state index is 0.0278. The molecule has 35 heavy (non-hydrogen) atoms. The predicted octanol–water partition coefficient (Wildman–Crippen LogP) is 6.49. The fraction of sp³-hybridized carbons (Fsp3) is 0.391. The lowest BCUT2D eigenvalue weighted by Gasteiger charge is -2.19. The average molecular weight is 522 g/mol. The highest BCUT2D eigenvalue weighted by Crippen LogP contribution is 2.38. The van der Waals surface area contributed by atoms with E-state index in [1.54, 1.807) is 20.8 Å². The van der Waals surface area contributed by atoms with Crippen LogP contribution in [0.4, 0.5) is 27.6 Å². The van der Waals surface area contributed by atoms with Gasteiger partial charge in [0.15, 0.2) is 11.5 Å². The van der Waals surface area contributed by atoms with Gasteiger partial charge in [-0.2, -0.15) is 22.0 Å². The van der Waals surface area contributed by atoms with E-state index in [-0.39, 0.29) is 40.0 Å². The molecule has 12 heteroatoms. The molecule has 1 amide bonds. The molecule has 2 rings (SSSR count). The summed E-state index contributed by atoms with van der Waals surface area (Å²) >= 11 is 0.551. The third kappa shape index (κ3) is 9.63. The number of halogens is 5. The molecular formula is C23H24F5NO5S. The van der Waals surface area contributed by atoms with Crippen molar-refractivity contribution in [3.05, 3.63) is 47.5 Å². The molecule has 0 heterocycles. The Kier molecular flexibility index (Phi) is 9.36. The maximum absolute atomic E-state index is 12.9. The minimum atomic E-state index is -4.41. The van der Waals surface area contributed by atoms with Crippen molar-refractivity contribution in [1.29, 1.82) is 0 Å². The van der Waals surface area contributed by atoms with Crippen molar-refractivity contribution in [3.63, 3.8) is 0 Å². The number of amides is 1. The lowest BCUT2D eigenvalue weighted by atomic mass is 9.95. The highest BCUT2D eigenvalue weighted by Gasteiger charge is 2.27. The van der Waals surface area contributed by atoms with Gasteiger partial charge in [0.1, 0.15) is 5.75 Å². The Bertz CT molecular complexity index is 1050. The van der Waals surface area contributed by atoms with Crippen LogP contribution in [0.15, 0.2) is 36.4 Å². The van der Waals surface area contributed by atoms with Crippen LogP contribution in [0.1, 0.15) is 31.9 Å². The average Bonchev–Trinajstić information content (AvgIpc) is 2.69. The van der Waals surface area contributed by atoms with Crippen LogP contribution in [0.25, 0.3) is 0 Å². The summed E-state index contributed by atoms with van der Waals surface area (Å²) in [5.41, 5.74) is 0.0595. The first-order valence-electron chi connectivity index (χ1n) is 10.2. The molecule has 0 aliphatic carbocycles. The second kappa shape index (κ2) is 11.6. The number of aliphatic carboxylic acids is 1. The van der Waals surface area contributed by atoms with Gasteiger partial charge < -0.3 is 19.9 Å². The zero-order valence-electron chi connectivity index (χ0n) is 19.0. The van der Waals surface area contributed by atoms with E-state index in [2.05, 4.69) is 10.1 Å². The summed E-state index contributed by atoms with van der Waals surface area (Å²) in [6, 6.07) is 7.86. The molecule has 0 radical (unpaired) electrons. The zero-order valence-corrected chi connectivity index (χ0v) is 19.9. The molecule has 0 fully saturated rings. The van der Waals surface area contributed by atoms with E-state index in [0.29, 0.717) is 17.4 Å². The van der Waals surface area contributed by atoms with Gasteiger partial charge in [-0.05, 0) is 35.9 Å². The number of hydrogen-bond donors (Lipinski definition) is 2. The maximum Gasteiger partial charge on any atom is 0.397 e. The first kappa shape index (κ1) is 28.2. The third-order valence-electron chi connectivity index (χ3n) is 4.32. The van der Waals surface area contributed by atoms with Gasteiger partial charge in [0.2, 0.25) is 5.91 Å². The molecule has 0 aromatic heterocycles. The predicted molar refractivity (Wildman–Crippen MR) is 121 cm³/mol. The van der Waals surface area contributed by atoms with Gasteiger partial charge in [0, 0.05) is 22.4 Å². The van der Waals surface area contributed by atoms with Crippen molar-refractivity contribution < 1.29 is 46.1 Å². The zero-order chi connectivity index (χ0) is 26.4. The first-order chi connectivity index (χ1) is 16.1. The van der Waals surface area contributed by atoms with Crippen LogP contribution in [-0.2, 0) is 21.8 Å². The number of carboxylic acids is 1. The number of carbonyl (C=O) groups excluding carboxylic acids is 1. The number of carbonyl (C=O) groups is 2. The molecular weight excluding hydrogens is 497 g/mol. The van der Waals surface area contributed by atoms with Crippen LogP contribution in [0.5, 0.6) is 17.2 Å². The summed E-state index contributed by atoms with van der Waals surface area (Å²) in [6.45, 7) is 1.87. The van der Waals surface area contributed by atoms with E-state index < -0.39 is 36.3 Å². The van der Waals surface area contributed by atoms with Gasteiger partial charge in [0.25, 0.3) is 0 Å². The molecule has 0 saturated carbocycles. The van der Waals surface area contributed by atoms with Crippen molar-refractivity contribution in [3.8, 4) is 17.2 Å². The van der Waals surface area contributed by atoms with E-state index in [9.17, 15) is 31.5 Å². The van der Waals surface area contributed by atoms with Crippen molar-refractivity contribution in [2.75, 3.05) is 11.1 Å². The molecule has 0 unspecified atom stereocenters. The topological polar surface area (TPSA) is 84.9 Å². The Morgan fingerprint density at radius 1 is 1.03 bits per heavy atom. The SMILES string of the molecule is CC(C)(C)C(=O)Nc1ccc(Oc2cc(CC(=O)O)ccc2OC(F)F)c(CSCC(F)(F)F)c1. The number of hydrogen-bond acceptors (Lipinski definition) is 5. The van der Waals surface area contributed by atoms with Gasteiger partial charge in [-0.15, -0.1) is 11.8 Å². The fourth-order valence-corrected chi connectivity index (χ4v) is 3.47. The number of rotatable bonds is 10. The van der Waals surface area contributed by atoms with E-state index in [0.717, 1.165) is 6.07 Å². The molecule has 0 saturated heterocycles. The molecule has 6 nitrogen and oxygen atoms in total. The molecule has 2 aromatic carbocycles. The molecule has 0 spiro atoms. The summed E-state index contributed by atoms with van der Waals surface area (Å²) in [4.78, 5) is 23.3. The second-order valence-corrected chi connectivity index (χ2v) is 9.45. The Hall–Kier alpha value is -3.02. The van der Waals surface area contributed by atoms with E-state index in [1.165, 1.54) is 30.3 Å². The second-order valence-electron chi connectivity index (χ2n) is 8.47. The quantitative estimate of drug-likeness (QED) is 0.348. The smallest absolute Gasteiger partial charge is 0.397 e. The lowest BCUT2D eigenvalue weighted by molar-refractivity contribution is -0.136. The number of benzene rings is 2. The van der Waals surface area contributed by atoms with Gasteiger partial charge in [-0.3, -0.25) is 9.59 Å². The van der Waals surface area contributed by atoms with E-state index in [4.69, 9.17) is 9.84 Å². The van der Waals surface area contributed by atoms with Crippen molar-refractivity contribution in [1.82, 2.24) is 0 Å². The summed E-state index contributed by atoms with van der Waals surface area (Å²) < 4.78 is 73.9. The van der Waals surface area contributed by atoms with E-state index >= 15 is 0 Å². The standard InChI is InChI=1S/C23H24F5NO5S/c1-22(2,3)20(32)29-15-5-7-16(14(10-15)11-35-12-23(26,27)28)33-18-8-13(9-19(30)31)4-6-17(18)34-21(24)25/h4-8,10,21H,9,11-12H2,1-3H3,(H,29,32)(H,30,31). The normalized spacial score (nSPS) is 11.9. The number of carboxylic acid groups (broad SMARTS) is 1. The Morgan fingerprint density at radius 3 is 2.26 bits per heavy atom. The highest BCUT2D eigenvalue weighted by molar-refractivity contribution is 7.98. The molecule has 2 N–H and O–H groups in total. The van der Waals surface area contributed by atoms with Crippen LogP contribution in [0.3, 0.4) is 0 Å². The molecule has 192 valence electrons. The summed E-state index contributed by atoms with van der Waals surface area (Å²) in [5.74, 6) is -3.39. The largest absolute Gasteiger partial charge is 0.481 e. The minimum Gasteiger partial charge on any atom is -0.481 e. The number of alkyl halides is 5. The first-order valence-corrected chi connectivity index (χ1v) is 11.4. The summed E-state index contributed by atoms with van der Waals surface area (Å²) in [7, 11) is 0. The number of ether oxygens (including phenoxy) is 2. The van der Waals surface area contributed by atoms with Gasteiger partial charge in [-0.25, -0.2) is 0 Å². The number of thioether (sulfide) groups is 1. The van der Waals surface area contributed by atoms with Crippen LogP contribution in [0.2, 0.25) is 0 Å². The summed E-state index contributed by atoms with van der Waals surface area (Å²) in [5, 5.41) is 11.7. The summed E-state index contributed by atoms with van der Waals surface area (Å²) in [6.07, 6.45) is -4.83. The van der Waals surface area contributed by atoms with Crippen molar-refractivity contribution in [2.24, 2.45) is 5.41 Å². The van der Waals surface area contributed by atoms with Gasteiger partial charge in [0.05, 0.1) is 12.2 Å². The Labute approximate surface area is 202 Å². The van der Waals surface area contributed by atoms with Gasteiger partial charge in [-0.1, -0.05) is 26.8 Å². The van der Waals surface area contributed by atoms with Crippen LogP contribution in [0, 0.1) is 5.41 Å². The highest BCUT2D eigenvalue weighted by atomic mass is 32.2. The molecule has 2 aromatic rings. The van der Waals surface area contributed by atoms with Crippen LogP contribution < -0.4 is 14.8 Å². The fourth-order valence-electron chi connectivity index (χ4n) is 2.69. The number of nitrogens with one attached hydrogen (secondary N) is 1. The van der Waals surface area contributed by atoms with E-state index in [1.807, 2.05) is 0 Å². The Balaban J connectivity index is 2.42. The van der Waals surface area contributed by atoms with Crippen LogP contribution in [-0.4, -0.2) is 35.5 Å². The lowest BCUT2D eigenvalue weighted by Crippen LogP contribution is -2.27. The van der Waals surface area contributed by atoms with Gasteiger partial charge >= 0.3 is 18.8 Å². The molecule has 0 aliphatic rings. The number of anilines is 1. The molecule has 0 aliphatic heterocycles. The molecule has 0 atom stereocenters. The Morgan fingerprint density at radius 2 is 1.69 bits per heavy atom. The van der Waals surface area contributed by atoms with Crippen molar-refractivity contribution >= 4 is 29.3 Å². The van der Waals surface area contributed by atoms with Crippen molar-refractivity contribution in [2.45, 2.75) is 45.7 Å². The molecule has 0 bridgehead atoms. The maximum atomic E-state index is 12.9. The monoisotopic (exact) mass is 521 g/mol. The third-order valence-corrected chi connectivity index (χ3v) is 5.37. The van der Waals surface area contributed by atoms with Crippen LogP contribution >= 0.6 is 11.8 Å².